The van der Waals surface area contributed by atoms with Crippen LogP contribution in [-0.2, 0) is 4.74 Å². The van der Waals surface area contributed by atoms with Crippen LogP contribution < -0.4 is 5.73 Å². The fraction of sp³-hybridized carbons (Fsp3) is 0.571. The van der Waals surface area contributed by atoms with Gasteiger partial charge >= 0.3 is 0 Å². The number of ether oxygens (including phenoxy) is 1. The van der Waals surface area contributed by atoms with Gasteiger partial charge in [0.15, 0.2) is 0 Å². The molecule has 2 rings (SSSR count). The maximum atomic E-state index is 5.75. The quantitative estimate of drug-likeness (QED) is 0.862. The summed E-state index contributed by atoms with van der Waals surface area (Å²) in [6, 6.07) is 9.26. The minimum Gasteiger partial charge on any atom is -0.379 e. The van der Waals surface area contributed by atoms with E-state index >= 15 is 0 Å². The van der Waals surface area contributed by atoms with E-state index in [-0.39, 0.29) is 0 Å². The van der Waals surface area contributed by atoms with E-state index in [9.17, 15) is 0 Å². The van der Waals surface area contributed by atoms with Crippen molar-refractivity contribution in [2.24, 2.45) is 5.73 Å². The van der Waals surface area contributed by atoms with Crippen molar-refractivity contribution in [2.75, 3.05) is 32.8 Å². The molecule has 0 saturated carbocycles. The second-order valence-electron chi connectivity index (χ2n) is 4.65. The van der Waals surface area contributed by atoms with Crippen LogP contribution in [0, 0.1) is 6.92 Å². The van der Waals surface area contributed by atoms with Crippen molar-refractivity contribution in [1.82, 2.24) is 4.90 Å². The first kappa shape index (κ1) is 12.6. The highest BCUT2D eigenvalue weighted by molar-refractivity contribution is 5.24. The highest BCUT2D eigenvalue weighted by atomic mass is 16.5. The molecule has 0 amide bonds. The van der Waals surface area contributed by atoms with Crippen molar-refractivity contribution in [3.8, 4) is 0 Å². The fourth-order valence-electron chi connectivity index (χ4n) is 2.40. The molecule has 1 saturated heterocycles. The number of hydrogen-bond donors (Lipinski definition) is 1. The molecule has 3 nitrogen and oxygen atoms in total. The van der Waals surface area contributed by atoms with Crippen LogP contribution >= 0.6 is 0 Å². The first-order valence-corrected chi connectivity index (χ1v) is 6.39. The standard InChI is InChI=1S/C14H22N2O/c1-12-2-4-13(5-3-12)14(6-7-15)16-8-10-17-11-9-16/h2-5,14H,6-11,15H2,1H3. The molecule has 1 aliphatic heterocycles. The van der Waals surface area contributed by atoms with Crippen molar-refractivity contribution in [1.29, 1.82) is 0 Å². The monoisotopic (exact) mass is 234 g/mol. The Labute approximate surface area is 104 Å². The van der Waals surface area contributed by atoms with Gasteiger partial charge in [0.1, 0.15) is 0 Å². The summed E-state index contributed by atoms with van der Waals surface area (Å²) < 4.78 is 5.41. The molecular weight excluding hydrogens is 212 g/mol. The molecule has 3 heteroatoms. The topological polar surface area (TPSA) is 38.5 Å². The molecule has 1 aromatic rings. The Morgan fingerprint density at radius 2 is 1.88 bits per heavy atom. The fourth-order valence-corrected chi connectivity index (χ4v) is 2.40. The van der Waals surface area contributed by atoms with Crippen LogP contribution in [0.5, 0.6) is 0 Å². The number of benzene rings is 1. The predicted molar refractivity (Wildman–Crippen MR) is 70.0 cm³/mol. The molecule has 0 radical (unpaired) electrons. The molecule has 0 aromatic heterocycles. The number of hydrogen-bond acceptors (Lipinski definition) is 3. The van der Waals surface area contributed by atoms with Crippen molar-refractivity contribution in [3.63, 3.8) is 0 Å². The minimum absolute atomic E-state index is 0.449. The molecule has 1 unspecified atom stereocenters. The predicted octanol–water partition coefficient (Wildman–Crippen LogP) is 1.72. The SMILES string of the molecule is Cc1ccc(C(CCN)N2CCOCC2)cc1. The molecule has 0 bridgehead atoms. The summed E-state index contributed by atoms with van der Waals surface area (Å²) in [5.74, 6) is 0. The Balaban J connectivity index is 2.12. The van der Waals surface area contributed by atoms with Gasteiger partial charge in [-0.3, -0.25) is 4.90 Å². The lowest BCUT2D eigenvalue weighted by atomic mass is 10.0. The summed E-state index contributed by atoms with van der Waals surface area (Å²) in [5, 5.41) is 0. The third-order valence-corrected chi connectivity index (χ3v) is 3.39. The van der Waals surface area contributed by atoms with E-state index in [1.54, 1.807) is 0 Å². The zero-order valence-electron chi connectivity index (χ0n) is 10.6. The van der Waals surface area contributed by atoms with E-state index in [0.717, 1.165) is 39.3 Å². The summed E-state index contributed by atoms with van der Waals surface area (Å²) >= 11 is 0. The average molecular weight is 234 g/mol. The smallest absolute Gasteiger partial charge is 0.0594 e. The number of nitrogens with two attached hydrogens (primary N) is 1. The Morgan fingerprint density at radius 3 is 2.47 bits per heavy atom. The molecule has 1 aliphatic rings. The Hall–Kier alpha value is -0.900. The zero-order chi connectivity index (χ0) is 12.1. The first-order valence-electron chi connectivity index (χ1n) is 6.39. The molecular formula is C14H22N2O. The third kappa shape index (κ3) is 3.28. The maximum Gasteiger partial charge on any atom is 0.0594 e. The molecule has 17 heavy (non-hydrogen) atoms. The summed E-state index contributed by atoms with van der Waals surface area (Å²) in [5.41, 5.74) is 8.43. The minimum atomic E-state index is 0.449. The van der Waals surface area contributed by atoms with Gasteiger partial charge in [-0.05, 0) is 25.5 Å². The molecule has 2 N–H and O–H groups in total. The third-order valence-electron chi connectivity index (χ3n) is 3.39. The lowest BCUT2D eigenvalue weighted by Crippen LogP contribution is -2.39. The lowest BCUT2D eigenvalue weighted by Gasteiger charge is -2.34. The highest BCUT2D eigenvalue weighted by Gasteiger charge is 2.21. The number of nitrogens with zero attached hydrogens (tertiary/aromatic N) is 1. The lowest BCUT2D eigenvalue weighted by molar-refractivity contribution is 0.0147. The zero-order valence-corrected chi connectivity index (χ0v) is 10.6. The normalized spacial score (nSPS) is 19.2. The van der Waals surface area contributed by atoms with Gasteiger partial charge in [0.05, 0.1) is 13.2 Å². The van der Waals surface area contributed by atoms with E-state index < -0.39 is 0 Å². The van der Waals surface area contributed by atoms with Gasteiger partial charge < -0.3 is 10.5 Å². The summed E-state index contributed by atoms with van der Waals surface area (Å²) in [7, 11) is 0. The number of morpholine rings is 1. The van der Waals surface area contributed by atoms with Gasteiger partial charge in [-0.25, -0.2) is 0 Å². The molecule has 1 heterocycles. The Bertz CT molecular complexity index is 331. The highest BCUT2D eigenvalue weighted by Crippen LogP contribution is 2.24. The van der Waals surface area contributed by atoms with Crippen molar-refractivity contribution in [2.45, 2.75) is 19.4 Å². The summed E-state index contributed by atoms with van der Waals surface area (Å²) in [6.45, 7) is 6.56. The van der Waals surface area contributed by atoms with Crippen LogP contribution in [0.4, 0.5) is 0 Å². The number of rotatable bonds is 4. The van der Waals surface area contributed by atoms with Crippen LogP contribution in [0.15, 0.2) is 24.3 Å². The molecule has 94 valence electrons. The van der Waals surface area contributed by atoms with Gasteiger partial charge in [0.2, 0.25) is 0 Å². The average Bonchev–Trinajstić information content (AvgIpc) is 2.38. The van der Waals surface area contributed by atoms with Crippen molar-refractivity contribution < 1.29 is 4.74 Å². The van der Waals surface area contributed by atoms with E-state index in [1.807, 2.05) is 0 Å². The maximum absolute atomic E-state index is 5.75. The van der Waals surface area contributed by atoms with Crippen LogP contribution in [-0.4, -0.2) is 37.7 Å². The summed E-state index contributed by atoms with van der Waals surface area (Å²) in [6.07, 6.45) is 1.02. The van der Waals surface area contributed by atoms with E-state index in [4.69, 9.17) is 10.5 Å². The first-order chi connectivity index (χ1) is 8.31. The molecule has 1 fully saturated rings. The number of aryl methyl sites for hydroxylation is 1. The molecule has 0 aliphatic carbocycles. The van der Waals surface area contributed by atoms with Gasteiger partial charge in [-0.1, -0.05) is 29.8 Å². The second kappa shape index (κ2) is 6.15. The van der Waals surface area contributed by atoms with Gasteiger partial charge in [0, 0.05) is 19.1 Å². The van der Waals surface area contributed by atoms with Crippen molar-refractivity contribution >= 4 is 0 Å². The van der Waals surface area contributed by atoms with E-state index in [0.29, 0.717) is 6.04 Å². The van der Waals surface area contributed by atoms with Crippen LogP contribution in [0.2, 0.25) is 0 Å². The Morgan fingerprint density at radius 1 is 1.24 bits per heavy atom. The van der Waals surface area contributed by atoms with E-state index in [2.05, 4.69) is 36.1 Å². The van der Waals surface area contributed by atoms with Crippen LogP contribution in [0.25, 0.3) is 0 Å². The van der Waals surface area contributed by atoms with Crippen molar-refractivity contribution in [3.05, 3.63) is 35.4 Å². The van der Waals surface area contributed by atoms with Gasteiger partial charge in [-0.15, -0.1) is 0 Å². The molecule has 1 atom stereocenters. The van der Waals surface area contributed by atoms with Gasteiger partial charge in [0.25, 0.3) is 0 Å². The molecule has 1 aromatic carbocycles. The van der Waals surface area contributed by atoms with Crippen LogP contribution in [0.1, 0.15) is 23.6 Å². The second-order valence-corrected chi connectivity index (χ2v) is 4.65. The summed E-state index contributed by atoms with van der Waals surface area (Å²) in [4.78, 5) is 2.49. The Kier molecular flexibility index (Phi) is 4.54. The van der Waals surface area contributed by atoms with Gasteiger partial charge in [-0.2, -0.15) is 0 Å². The van der Waals surface area contributed by atoms with Crippen LogP contribution in [0.3, 0.4) is 0 Å². The van der Waals surface area contributed by atoms with E-state index in [1.165, 1.54) is 11.1 Å². The largest absolute Gasteiger partial charge is 0.379 e. The molecule has 0 spiro atoms.